The average Bonchev–Trinajstić information content (AvgIpc) is 2.71. The van der Waals surface area contributed by atoms with E-state index in [0.29, 0.717) is 6.61 Å². The number of benzene rings is 1. The second-order valence-electron chi connectivity index (χ2n) is 5.54. The van der Waals surface area contributed by atoms with Crippen molar-refractivity contribution in [2.45, 2.75) is 64.7 Å². The summed E-state index contributed by atoms with van der Waals surface area (Å²) in [7, 11) is 0. The predicted molar refractivity (Wildman–Crippen MR) is 79.5 cm³/mol. The maximum Gasteiger partial charge on any atom is 0.171 e. The molecule has 1 aliphatic heterocycles. The van der Waals surface area contributed by atoms with Gasteiger partial charge in [-0.25, -0.2) is 0 Å². The van der Waals surface area contributed by atoms with Gasteiger partial charge in [0.05, 0.1) is 6.61 Å². The van der Waals surface area contributed by atoms with E-state index in [1.54, 1.807) is 0 Å². The van der Waals surface area contributed by atoms with Crippen LogP contribution in [0.2, 0.25) is 0 Å². The highest BCUT2D eigenvalue weighted by Crippen LogP contribution is 2.24. The first-order chi connectivity index (χ1) is 9.90. The van der Waals surface area contributed by atoms with Crippen LogP contribution in [0.5, 0.6) is 5.75 Å². The lowest BCUT2D eigenvalue weighted by molar-refractivity contribution is -0.462. The van der Waals surface area contributed by atoms with E-state index in [1.807, 2.05) is 6.07 Å². The summed E-state index contributed by atoms with van der Waals surface area (Å²) in [5.41, 5.74) is 2.57. The highest BCUT2D eigenvalue weighted by Gasteiger charge is 2.11. The summed E-state index contributed by atoms with van der Waals surface area (Å²) in [4.78, 5) is 9.90. The summed E-state index contributed by atoms with van der Waals surface area (Å²) in [6.45, 7) is 2.81. The largest absolute Gasteiger partial charge is 0.308 e. The van der Waals surface area contributed by atoms with Crippen molar-refractivity contribution in [1.82, 2.24) is 0 Å². The van der Waals surface area contributed by atoms with Gasteiger partial charge in [0, 0.05) is 12.0 Å². The maximum absolute atomic E-state index is 5.06. The fourth-order valence-electron chi connectivity index (χ4n) is 2.60. The first kappa shape index (κ1) is 15.3. The third-order valence-electron chi connectivity index (χ3n) is 3.82. The molecule has 2 rings (SSSR count). The fourth-order valence-corrected chi connectivity index (χ4v) is 2.60. The number of aryl methyl sites for hydroxylation is 1. The summed E-state index contributed by atoms with van der Waals surface area (Å²) in [6.07, 6.45) is 11.5. The van der Waals surface area contributed by atoms with Gasteiger partial charge in [0.1, 0.15) is 0 Å². The van der Waals surface area contributed by atoms with Gasteiger partial charge in [0.25, 0.3) is 0 Å². The molecule has 1 heterocycles. The first-order valence-corrected chi connectivity index (χ1v) is 7.98. The molecule has 112 valence electrons. The van der Waals surface area contributed by atoms with Crippen LogP contribution in [-0.4, -0.2) is 6.61 Å². The fraction of sp³-hybridized carbons (Fsp3) is 0.647. The average molecular weight is 278 g/mol. The van der Waals surface area contributed by atoms with Crippen LogP contribution >= 0.6 is 0 Å². The van der Waals surface area contributed by atoms with E-state index in [2.05, 4.69) is 24.1 Å². The lowest BCUT2D eigenvalue weighted by Gasteiger charge is -2.07. The Morgan fingerprint density at radius 1 is 1.00 bits per heavy atom. The SMILES string of the molecule is CCCCCCCCCc1ccc2c(c1)CCOOO2. The molecule has 0 aliphatic carbocycles. The standard InChI is InChI=1S/C17H26O3/c1-2-3-4-5-6-7-8-9-15-10-11-17-16(14-15)12-13-18-20-19-17/h10-11,14H,2-9,12-13H2,1H3. The van der Waals surface area contributed by atoms with Crippen LogP contribution in [0.15, 0.2) is 18.2 Å². The van der Waals surface area contributed by atoms with Gasteiger partial charge in [-0.3, -0.25) is 0 Å². The van der Waals surface area contributed by atoms with Crippen molar-refractivity contribution >= 4 is 0 Å². The van der Waals surface area contributed by atoms with E-state index >= 15 is 0 Å². The topological polar surface area (TPSA) is 27.7 Å². The monoisotopic (exact) mass is 278 g/mol. The van der Waals surface area contributed by atoms with Gasteiger partial charge in [-0.2, -0.15) is 4.89 Å². The van der Waals surface area contributed by atoms with Crippen LogP contribution in [-0.2, 0) is 22.8 Å². The van der Waals surface area contributed by atoms with E-state index in [0.717, 1.165) is 18.6 Å². The second kappa shape index (κ2) is 8.98. The van der Waals surface area contributed by atoms with Crippen molar-refractivity contribution in [3.63, 3.8) is 0 Å². The van der Waals surface area contributed by atoms with Crippen molar-refractivity contribution in [2.24, 2.45) is 0 Å². The zero-order valence-corrected chi connectivity index (χ0v) is 12.5. The number of hydrogen-bond acceptors (Lipinski definition) is 3. The summed E-state index contributed by atoms with van der Waals surface area (Å²) in [6, 6.07) is 6.34. The Balaban J connectivity index is 1.69. The Morgan fingerprint density at radius 2 is 1.80 bits per heavy atom. The molecule has 0 spiro atoms. The van der Waals surface area contributed by atoms with E-state index in [9.17, 15) is 0 Å². The number of unbranched alkanes of at least 4 members (excludes halogenated alkanes) is 6. The molecule has 3 heteroatoms. The van der Waals surface area contributed by atoms with Crippen molar-refractivity contribution in [3.05, 3.63) is 29.3 Å². The molecule has 0 aromatic heterocycles. The van der Waals surface area contributed by atoms with Gasteiger partial charge in [-0.05, 0) is 29.5 Å². The van der Waals surface area contributed by atoms with Crippen LogP contribution in [0, 0.1) is 0 Å². The Labute approximate surface area is 122 Å². The molecule has 0 atom stereocenters. The molecular formula is C17H26O3. The zero-order chi connectivity index (χ0) is 14.0. The predicted octanol–water partition coefficient (Wildman–Crippen LogP) is 4.78. The number of hydrogen-bond donors (Lipinski definition) is 0. The lowest BCUT2D eigenvalue weighted by Crippen LogP contribution is -1.95. The van der Waals surface area contributed by atoms with Gasteiger partial charge in [0.2, 0.25) is 0 Å². The third kappa shape index (κ3) is 5.14. The lowest BCUT2D eigenvalue weighted by atomic mass is 10.0. The molecular weight excluding hydrogens is 252 g/mol. The Hall–Kier alpha value is -1.06. The molecule has 0 amide bonds. The molecule has 0 saturated carbocycles. The number of fused-ring (bicyclic) bond motifs is 1. The molecule has 0 radical (unpaired) electrons. The Bertz CT molecular complexity index is 390. The van der Waals surface area contributed by atoms with Crippen LogP contribution in [0.1, 0.15) is 63.0 Å². The van der Waals surface area contributed by atoms with Crippen molar-refractivity contribution in [2.75, 3.05) is 6.61 Å². The third-order valence-corrected chi connectivity index (χ3v) is 3.82. The normalized spacial score (nSPS) is 14.4. The molecule has 0 fully saturated rings. The second-order valence-corrected chi connectivity index (χ2v) is 5.54. The van der Waals surface area contributed by atoms with Gasteiger partial charge < -0.3 is 4.89 Å². The van der Waals surface area contributed by atoms with E-state index in [-0.39, 0.29) is 0 Å². The minimum absolute atomic E-state index is 0.549. The summed E-state index contributed by atoms with van der Waals surface area (Å²) in [5.74, 6) is 0.783. The van der Waals surface area contributed by atoms with E-state index < -0.39 is 0 Å². The van der Waals surface area contributed by atoms with Gasteiger partial charge in [-0.15, -0.1) is 0 Å². The summed E-state index contributed by atoms with van der Waals surface area (Å²) in [5, 5.41) is 4.61. The molecule has 1 aliphatic rings. The van der Waals surface area contributed by atoms with Gasteiger partial charge in [0.15, 0.2) is 5.75 Å². The van der Waals surface area contributed by atoms with Crippen LogP contribution in [0.4, 0.5) is 0 Å². The van der Waals surface area contributed by atoms with Gasteiger partial charge in [-0.1, -0.05) is 57.6 Å². The van der Waals surface area contributed by atoms with Crippen LogP contribution in [0.25, 0.3) is 0 Å². The van der Waals surface area contributed by atoms with Crippen molar-refractivity contribution in [3.8, 4) is 5.75 Å². The maximum atomic E-state index is 5.06. The quantitative estimate of drug-likeness (QED) is 0.506. The zero-order valence-electron chi connectivity index (χ0n) is 12.5. The van der Waals surface area contributed by atoms with E-state index in [1.165, 1.54) is 56.1 Å². The van der Waals surface area contributed by atoms with Crippen LogP contribution < -0.4 is 4.89 Å². The molecule has 0 bridgehead atoms. The molecule has 20 heavy (non-hydrogen) atoms. The van der Waals surface area contributed by atoms with Crippen molar-refractivity contribution in [1.29, 1.82) is 0 Å². The van der Waals surface area contributed by atoms with Crippen molar-refractivity contribution < 1.29 is 14.8 Å². The highest BCUT2D eigenvalue weighted by atomic mass is 17.5. The van der Waals surface area contributed by atoms with Crippen LogP contribution in [0.3, 0.4) is 0 Å². The molecule has 0 unspecified atom stereocenters. The number of rotatable bonds is 8. The highest BCUT2D eigenvalue weighted by molar-refractivity contribution is 5.37. The molecule has 0 N–H and O–H groups in total. The minimum Gasteiger partial charge on any atom is -0.308 e. The Morgan fingerprint density at radius 3 is 2.65 bits per heavy atom. The summed E-state index contributed by atoms with van der Waals surface area (Å²) >= 11 is 0. The molecule has 1 aromatic carbocycles. The Kier molecular flexibility index (Phi) is 6.89. The smallest absolute Gasteiger partial charge is 0.171 e. The van der Waals surface area contributed by atoms with Gasteiger partial charge >= 0.3 is 0 Å². The first-order valence-electron chi connectivity index (χ1n) is 7.98. The summed E-state index contributed by atoms with van der Waals surface area (Å²) < 4.78 is 0. The van der Waals surface area contributed by atoms with E-state index in [4.69, 9.17) is 9.78 Å². The molecule has 1 aromatic rings. The molecule has 0 saturated heterocycles. The molecule has 3 nitrogen and oxygen atoms in total. The minimum atomic E-state index is 0.549.